The highest BCUT2D eigenvalue weighted by atomic mass is 35.5. The maximum absolute atomic E-state index is 14.0. The monoisotopic (exact) mass is 463 g/mol. The number of rotatable bonds is 3. The van der Waals surface area contributed by atoms with E-state index in [-0.39, 0.29) is 11.9 Å². The molecule has 5 nitrogen and oxygen atoms in total. The van der Waals surface area contributed by atoms with E-state index in [2.05, 4.69) is 5.32 Å². The number of para-hydroxylation sites is 1. The molecule has 1 N–H and O–H groups in total. The van der Waals surface area contributed by atoms with Gasteiger partial charge in [-0.1, -0.05) is 54.1 Å². The second-order valence-corrected chi connectivity index (χ2v) is 9.64. The number of fused-ring (bicyclic) bond motifs is 2. The van der Waals surface area contributed by atoms with Crippen LogP contribution in [0.4, 0.5) is 16.2 Å². The zero-order valence-electron chi connectivity index (χ0n) is 17.5. The van der Waals surface area contributed by atoms with Crippen LogP contribution in [0, 0.1) is 6.92 Å². The van der Waals surface area contributed by atoms with Crippen LogP contribution in [0.3, 0.4) is 0 Å². The lowest BCUT2D eigenvalue weighted by molar-refractivity contribution is -0.123. The van der Waals surface area contributed by atoms with Crippen molar-refractivity contribution in [3.63, 3.8) is 0 Å². The summed E-state index contributed by atoms with van der Waals surface area (Å²) in [7, 11) is 0. The summed E-state index contributed by atoms with van der Waals surface area (Å²) in [4.78, 5) is 29.7. The number of amides is 3. The van der Waals surface area contributed by atoms with Gasteiger partial charge in [-0.2, -0.15) is 0 Å². The summed E-state index contributed by atoms with van der Waals surface area (Å²) >= 11 is 7.49. The van der Waals surface area contributed by atoms with Crippen molar-refractivity contribution in [1.82, 2.24) is 4.90 Å². The maximum Gasteiger partial charge on any atom is 0.323 e. The van der Waals surface area contributed by atoms with E-state index in [0.717, 1.165) is 22.4 Å². The Labute approximate surface area is 196 Å². The first-order chi connectivity index (χ1) is 15.5. The van der Waals surface area contributed by atoms with Crippen LogP contribution in [0.1, 0.15) is 16.7 Å². The fourth-order valence-electron chi connectivity index (χ4n) is 4.41. The van der Waals surface area contributed by atoms with E-state index in [9.17, 15) is 9.59 Å². The normalized spacial score (nSPS) is 19.5. The van der Waals surface area contributed by atoms with Gasteiger partial charge in [-0.15, -0.1) is 11.8 Å². The van der Waals surface area contributed by atoms with Gasteiger partial charge in [-0.05, 0) is 48.4 Å². The molecule has 3 aromatic rings. The second-order valence-electron chi connectivity index (χ2n) is 7.92. The number of thioether (sulfide) groups is 1. The Kier molecular flexibility index (Phi) is 5.35. The van der Waals surface area contributed by atoms with Gasteiger partial charge in [-0.3, -0.25) is 9.69 Å². The van der Waals surface area contributed by atoms with E-state index in [0.29, 0.717) is 29.6 Å². The fraction of sp³-hybridized carbons (Fsp3) is 0.200. The number of urea groups is 1. The van der Waals surface area contributed by atoms with E-state index >= 15 is 0 Å². The van der Waals surface area contributed by atoms with Crippen molar-refractivity contribution in [3.8, 4) is 0 Å². The molecule has 1 fully saturated rings. The van der Waals surface area contributed by atoms with Crippen molar-refractivity contribution in [3.05, 3.63) is 94.5 Å². The predicted molar refractivity (Wildman–Crippen MR) is 130 cm³/mol. The molecule has 2 heterocycles. The summed E-state index contributed by atoms with van der Waals surface area (Å²) in [5.41, 5.74) is 4.59. The van der Waals surface area contributed by atoms with Gasteiger partial charge in [0.2, 0.25) is 0 Å². The first-order valence-electron chi connectivity index (χ1n) is 10.4. The van der Waals surface area contributed by atoms with Crippen LogP contribution in [0.15, 0.2) is 72.8 Å². The summed E-state index contributed by atoms with van der Waals surface area (Å²) in [6.45, 7) is 3.01. The van der Waals surface area contributed by atoms with Gasteiger partial charge < -0.3 is 10.2 Å². The third-order valence-electron chi connectivity index (χ3n) is 6.03. The van der Waals surface area contributed by atoms with Gasteiger partial charge in [0.05, 0.1) is 12.2 Å². The van der Waals surface area contributed by atoms with Crippen molar-refractivity contribution in [2.24, 2.45) is 0 Å². The number of aryl methyl sites for hydroxylation is 1. The summed E-state index contributed by atoms with van der Waals surface area (Å²) in [5, 5.41) is 3.53. The van der Waals surface area contributed by atoms with Crippen LogP contribution in [-0.2, 0) is 16.2 Å². The van der Waals surface area contributed by atoms with E-state index in [1.807, 2.05) is 60.4 Å². The SMILES string of the molecule is Cc1ccccc1CN1C(=O)[C@]2(SCCN2C(=O)Nc2ccc(Cl)cc2)c2ccccc21. The molecular weight excluding hydrogens is 442 g/mol. The van der Waals surface area contributed by atoms with Gasteiger partial charge in [0.1, 0.15) is 0 Å². The number of nitrogens with zero attached hydrogens (tertiary/aromatic N) is 2. The molecule has 2 aliphatic rings. The Balaban J connectivity index is 1.51. The minimum Gasteiger partial charge on any atom is -0.308 e. The molecule has 32 heavy (non-hydrogen) atoms. The zero-order valence-corrected chi connectivity index (χ0v) is 19.1. The summed E-state index contributed by atoms with van der Waals surface area (Å²) in [6, 6.07) is 22.5. The van der Waals surface area contributed by atoms with Gasteiger partial charge in [0.25, 0.3) is 5.91 Å². The summed E-state index contributed by atoms with van der Waals surface area (Å²) in [6.07, 6.45) is 0. The van der Waals surface area contributed by atoms with Gasteiger partial charge >= 0.3 is 6.03 Å². The molecule has 162 valence electrons. The fourth-order valence-corrected chi connectivity index (χ4v) is 5.99. The van der Waals surface area contributed by atoms with Crippen molar-refractivity contribution in [2.45, 2.75) is 18.3 Å². The molecule has 7 heteroatoms. The standard InChI is InChI=1S/C25H22ClN3O2S/c1-17-6-2-3-7-18(17)16-28-22-9-5-4-8-21(22)25(23(28)30)29(14-15-32-25)24(31)27-20-12-10-19(26)11-13-20/h2-13H,14-16H2,1H3,(H,27,31)/t25-/m1/s1. The molecule has 0 aromatic heterocycles. The lowest BCUT2D eigenvalue weighted by atomic mass is 10.1. The molecule has 1 atom stereocenters. The van der Waals surface area contributed by atoms with Crippen molar-refractivity contribution in [2.75, 3.05) is 22.5 Å². The van der Waals surface area contributed by atoms with Crippen molar-refractivity contribution < 1.29 is 9.59 Å². The van der Waals surface area contributed by atoms with Crippen LogP contribution in [-0.4, -0.2) is 29.1 Å². The summed E-state index contributed by atoms with van der Waals surface area (Å²) < 4.78 is 0. The van der Waals surface area contributed by atoms with Crippen LogP contribution >= 0.6 is 23.4 Å². The number of carbonyl (C=O) groups excluding carboxylic acids is 2. The highest BCUT2D eigenvalue weighted by Gasteiger charge is 2.59. The number of nitrogens with one attached hydrogen (secondary N) is 1. The molecule has 1 spiro atoms. The van der Waals surface area contributed by atoms with Gasteiger partial charge in [0, 0.05) is 28.6 Å². The average Bonchev–Trinajstić information content (AvgIpc) is 3.34. The molecule has 3 amide bonds. The first-order valence-corrected chi connectivity index (χ1v) is 11.8. The predicted octanol–water partition coefficient (Wildman–Crippen LogP) is 5.63. The minimum absolute atomic E-state index is 0.0734. The van der Waals surface area contributed by atoms with Gasteiger partial charge in [-0.25, -0.2) is 4.79 Å². The summed E-state index contributed by atoms with van der Waals surface area (Å²) in [5.74, 6) is 0.613. The Morgan fingerprint density at radius 2 is 1.78 bits per heavy atom. The van der Waals surface area contributed by atoms with Crippen LogP contribution in [0.5, 0.6) is 0 Å². The molecule has 0 unspecified atom stereocenters. The molecule has 0 saturated carbocycles. The maximum atomic E-state index is 14.0. The minimum atomic E-state index is -1.06. The van der Waals surface area contributed by atoms with Crippen LogP contribution in [0.25, 0.3) is 0 Å². The Morgan fingerprint density at radius 3 is 2.56 bits per heavy atom. The highest BCUT2D eigenvalue weighted by molar-refractivity contribution is 8.01. The van der Waals surface area contributed by atoms with Gasteiger partial charge in [0.15, 0.2) is 4.87 Å². The van der Waals surface area contributed by atoms with Crippen molar-refractivity contribution >= 4 is 46.7 Å². The molecule has 2 aliphatic heterocycles. The third-order valence-corrected chi connectivity index (χ3v) is 7.70. The van der Waals surface area contributed by atoms with Crippen molar-refractivity contribution in [1.29, 1.82) is 0 Å². The highest BCUT2D eigenvalue weighted by Crippen LogP contribution is 2.54. The van der Waals surface area contributed by atoms with E-state index in [4.69, 9.17) is 11.6 Å². The molecule has 1 saturated heterocycles. The van der Waals surface area contributed by atoms with Crippen LogP contribution < -0.4 is 10.2 Å². The number of hydrogen-bond donors (Lipinski definition) is 1. The Morgan fingerprint density at radius 1 is 1.06 bits per heavy atom. The van der Waals surface area contributed by atoms with E-state index in [1.165, 1.54) is 11.8 Å². The quantitative estimate of drug-likeness (QED) is 0.547. The number of carbonyl (C=O) groups is 2. The Hall–Kier alpha value is -2.96. The number of anilines is 2. The molecule has 5 rings (SSSR count). The van der Waals surface area contributed by atoms with E-state index < -0.39 is 4.87 Å². The second kappa shape index (κ2) is 8.19. The smallest absolute Gasteiger partial charge is 0.308 e. The zero-order chi connectivity index (χ0) is 22.3. The van der Waals surface area contributed by atoms with E-state index in [1.54, 1.807) is 29.2 Å². The first kappa shape index (κ1) is 20.9. The number of benzene rings is 3. The molecule has 0 bridgehead atoms. The molecular formula is C25H22ClN3O2S. The average molecular weight is 464 g/mol. The lowest BCUT2D eigenvalue weighted by Crippen LogP contribution is -2.51. The van der Waals surface area contributed by atoms with Crippen LogP contribution in [0.2, 0.25) is 5.02 Å². The molecule has 0 aliphatic carbocycles. The third kappa shape index (κ3) is 3.34. The molecule has 0 radical (unpaired) electrons. The molecule has 3 aromatic carbocycles. The topological polar surface area (TPSA) is 52.7 Å². The number of hydrogen-bond acceptors (Lipinski definition) is 3. The Bertz CT molecular complexity index is 1200. The number of halogens is 1. The lowest BCUT2D eigenvalue weighted by Gasteiger charge is -2.33. The largest absolute Gasteiger partial charge is 0.323 e.